The molecule has 0 aliphatic carbocycles. The Hall–Kier alpha value is -2.47. The number of benzene rings is 1. The van der Waals surface area contributed by atoms with E-state index in [4.69, 9.17) is 5.73 Å². The third-order valence-electron chi connectivity index (χ3n) is 3.14. The van der Waals surface area contributed by atoms with Crippen molar-refractivity contribution in [2.45, 2.75) is 25.8 Å². The topological polar surface area (TPSA) is 86.5 Å². The average Bonchev–Trinajstić information content (AvgIpc) is 2.91. The molecule has 1 aromatic carbocycles. The van der Waals surface area contributed by atoms with E-state index in [1.54, 1.807) is 0 Å². The zero-order valence-electron chi connectivity index (χ0n) is 13.7. The lowest BCUT2D eigenvalue weighted by Crippen LogP contribution is -2.30. The van der Waals surface area contributed by atoms with Crippen LogP contribution in [-0.4, -0.2) is 36.3 Å². The Kier molecular flexibility index (Phi) is 6.54. The van der Waals surface area contributed by atoms with Gasteiger partial charge in [-0.25, -0.2) is 4.98 Å². The van der Waals surface area contributed by atoms with Gasteiger partial charge in [0.15, 0.2) is 11.2 Å². The number of rotatable bonds is 8. The van der Waals surface area contributed by atoms with Gasteiger partial charge in [0.05, 0.1) is 0 Å². The van der Waals surface area contributed by atoms with Gasteiger partial charge >= 0.3 is 12.8 Å². The molecule has 0 aliphatic rings. The quantitative estimate of drug-likeness (QED) is 0.500. The zero-order valence-corrected chi connectivity index (χ0v) is 14.5. The molecular formula is C15H14F5N3O3S. The van der Waals surface area contributed by atoms with E-state index in [-0.39, 0.29) is 21.6 Å². The second-order valence-electron chi connectivity index (χ2n) is 5.18. The van der Waals surface area contributed by atoms with Gasteiger partial charge in [0.2, 0.25) is 5.78 Å². The first-order valence-electron chi connectivity index (χ1n) is 7.36. The van der Waals surface area contributed by atoms with Crippen LogP contribution in [0.1, 0.15) is 16.6 Å². The molecule has 12 heteroatoms. The van der Waals surface area contributed by atoms with Crippen molar-refractivity contribution in [2.24, 2.45) is 0 Å². The molecule has 0 aliphatic heterocycles. The molecule has 1 atom stereocenters. The second kappa shape index (κ2) is 8.48. The maximum atomic E-state index is 12.4. The first kappa shape index (κ1) is 20.8. The molecule has 0 radical (unpaired) electrons. The number of alkyl halides is 5. The number of nitrogens with zero attached hydrogens (tertiary/aromatic N) is 1. The van der Waals surface area contributed by atoms with Gasteiger partial charge in [-0.05, 0) is 19.1 Å². The first-order valence-corrected chi connectivity index (χ1v) is 8.17. The molecule has 0 amide bonds. The number of nitrogen functional groups attached to an aromatic ring is 1. The molecule has 27 heavy (non-hydrogen) atoms. The molecule has 0 spiro atoms. The Labute approximate surface area is 154 Å². The Morgan fingerprint density at radius 1 is 1.37 bits per heavy atom. The Morgan fingerprint density at radius 3 is 2.70 bits per heavy atom. The van der Waals surface area contributed by atoms with Gasteiger partial charge in [-0.1, -0.05) is 17.4 Å². The third-order valence-corrected chi connectivity index (χ3v) is 4.17. The number of ketones is 1. The first-order chi connectivity index (χ1) is 12.6. The molecule has 1 heterocycles. The second-order valence-corrected chi connectivity index (χ2v) is 6.18. The lowest BCUT2D eigenvalue weighted by atomic mass is 10.3. The van der Waals surface area contributed by atoms with Crippen LogP contribution in [0.2, 0.25) is 0 Å². The molecule has 6 nitrogen and oxygen atoms in total. The van der Waals surface area contributed by atoms with Crippen LogP contribution in [0.15, 0.2) is 24.3 Å². The highest BCUT2D eigenvalue weighted by Crippen LogP contribution is 2.30. The summed E-state index contributed by atoms with van der Waals surface area (Å²) in [4.78, 5) is 15.8. The van der Waals surface area contributed by atoms with Crippen molar-refractivity contribution in [1.82, 2.24) is 4.98 Å². The molecule has 0 fully saturated rings. The fraction of sp³-hybridized carbons (Fsp3) is 0.333. The van der Waals surface area contributed by atoms with Crippen molar-refractivity contribution in [1.29, 1.82) is 0 Å². The number of aromatic nitrogens is 1. The molecule has 1 aromatic heterocycles. The van der Waals surface area contributed by atoms with E-state index < -0.39 is 31.3 Å². The highest BCUT2D eigenvalue weighted by atomic mass is 32.1. The van der Waals surface area contributed by atoms with Crippen molar-refractivity contribution in [3.63, 3.8) is 0 Å². The summed E-state index contributed by atoms with van der Waals surface area (Å²) >= 11 is 0.794. The van der Waals surface area contributed by atoms with E-state index in [1.807, 2.05) is 0 Å². The van der Waals surface area contributed by atoms with Crippen molar-refractivity contribution in [2.75, 3.05) is 17.7 Å². The number of anilines is 3. The van der Waals surface area contributed by atoms with E-state index in [0.717, 1.165) is 18.3 Å². The van der Waals surface area contributed by atoms with E-state index >= 15 is 0 Å². The monoisotopic (exact) mass is 411 g/mol. The Balaban J connectivity index is 2.04. The minimum absolute atomic E-state index is 0.0770. The lowest BCUT2D eigenvalue weighted by Gasteiger charge is -2.15. The number of nitrogens with two attached hydrogens (primary N) is 1. The average molecular weight is 411 g/mol. The SMILES string of the molecule is CC(OCC(=O)c1sc(Nc2cccc(OC(F)F)c2)nc1N)C(F)(F)F. The largest absolute Gasteiger partial charge is 0.435 e. The summed E-state index contributed by atoms with van der Waals surface area (Å²) in [6.45, 7) is -3.02. The summed E-state index contributed by atoms with van der Waals surface area (Å²) in [6.07, 6.45) is -6.69. The van der Waals surface area contributed by atoms with E-state index in [9.17, 15) is 26.7 Å². The summed E-state index contributed by atoms with van der Waals surface area (Å²) in [5.74, 6) is -1.04. The summed E-state index contributed by atoms with van der Waals surface area (Å²) in [5.41, 5.74) is 5.96. The summed E-state index contributed by atoms with van der Waals surface area (Å²) in [6, 6.07) is 5.59. The molecule has 148 valence electrons. The molecule has 3 N–H and O–H groups in total. The predicted octanol–water partition coefficient (Wildman–Crippen LogP) is 4.22. The Bertz CT molecular complexity index is 797. The zero-order chi connectivity index (χ0) is 20.2. The lowest BCUT2D eigenvalue weighted by molar-refractivity contribution is -0.210. The standard InChI is InChI=1S/C15H14F5N3O3S/c1-7(15(18,19)20)25-6-10(24)11-12(21)23-14(27-11)22-8-3-2-4-9(5-8)26-13(16)17/h2-5,7,13H,6,21H2,1H3,(H,22,23). The van der Waals surface area contributed by atoms with Gasteiger partial charge in [0.1, 0.15) is 23.1 Å². The smallest absolute Gasteiger partial charge is 0.414 e. The minimum atomic E-state index is -4.59. The maximum Gasteiger partial charge on any atom is 0.414 e. The van der Waals surface area contributed by atoms with Crippen molar-refractivity contribution in [3.05, 3.63) is 29.1 Å². The summed E-state index contributed by atoms with van der Waals surface area (Å²) < 4.78 is 70.4. The van der Waals surface area contributed by atoms with Crippen LogP contribution in [0.25, 0.3) is 0 Å². The van der Waals surface area contributed by atoms with Crippen LogP contribution >= 0.6 is 11.3 Å². The number of carbonyl (C=O) groups excluding carboxylic acids is 1. The minimum Gasteiger partial charge on any atom is -0.435 e. The van der Waals surface area contributed by atoms with Crippen LogP contribution < -0.4 is 15.8 Å². The van der Waals surface area contributed by atoms with Crippen molar-refractivity contribution >= 4 is 33.8 Å². The van der Waals surface area contributed by atoms with Gasteiger partial charge in [0, 0.05) is 11.8 Å². The van der Waals surface area contributed by atoms with Crippen LogP contribution in [0.3, 0.4) is 0 Å². The number of ether oxygens (including phenoxy) is 2. The summed E-state index contributed by atoms with van der Waals surface area (Å²) in [5, 5.41) is 2.90. The third kappa shape index (κ3) is 6.03. The molecule has 2 rings (SSSR count). The Morgan fingerprint density at radius 2 is 2.07 bits per heavy atom. The summed E-state index contributed by atoms with van der Waals surface area (Å²) in [7, 11) is 0. The number of thiazole rings is 1. The highest BCUT2D eigenvalue weighted by molar-refractivity contribution is 7.18. The number of nitrogens with one attached hydrogen (secondary N) is 1. The van der Waals surface area contributed by atoms with Crippen molar-refractivity contribution in [3.8, 4) is 5.75 Å². The van der Waals surface area contributed by atoms with Gasteiger partial charge in [-0.3, -0.25) is 4.79 Å². The molecule has 0 bridgehead atoms. The maximum absolute atomic E-state index is 12.4. The van der Waals surface area contributed by atoms with Gasteiger partial charge in [-0.2, -0.15) is 22.0 Å². The van der Waals surface area contributed by atoms with E-state index in [0.29, 0.717) is 5.69 Å². The number of hydrogen-bond donors (Lipinski definition) is 2. The van der Waals surface area contributed by atoms with E-state index in [2.05, 4.69) is 19.8 Å². The van der Waals surface area contributed by atoms with Crippen LogP contribution in [0.4, 0.5) is 38.6 Å². The molecule has 0 saturated carbocycles. The molecule has 0 saturated heterocycles. The fourth-order valence-electron chi connectivity index (χ4n) is 1.82. The van der Waals surface area contributed by atoms with Crippen molar-refractivity contribution < 1.29 is 36.2 Å². The highest BCUT2D eigenvalue weighted by Gasteiger charge is 2.37. The van der Waals surface area contributed by atoms with E-state index in [1.165, 1.54) is 24.3 Å². The number of carbonyl (C=O) groups is 1. The molecule has 1 unspecified atom stereocenters. The fourth-order valence-corrected chi connectivity index (χ4v) is 2.65. The van der Waals surface area contributed by atoms with Crippen LogP contribution in [0.5, 0.6) is 5.75 Å². The molecular weight excluding hydrogens is 397 g/mol. The van der Waals surface area contributed by atoms with Gasteiger partial charge < -0.3 is 20.5 Å². The number of Topliss-reactive ketones (excluding diaryl/α,β-unsaturated/α-hetero) is 1. The number of halogens is 5. The van der Waals surface area contributed by atoms with Crippen LogP contribution in [-0.2, 0) is 4.74 Å². The number of hydrogen-bond acceptors (Lipinski definition) is 7. The van der Waals surface area contributed by atoms with Gasteiger partial charge in [0.25, 0.3) is 0 Å². The molecule has 2 aromatic rings. The normalized spacial score (nSPS) is 12.9. The predicted molar refractivity (Wildman–Crippen MR) is 88.7 cm³/mol. The van der Waals surface area contributed by atoms with Gasteiger partial charge in [-0.15, -0.1) is 0 Å². The van der Waals surface area contributed by atoms with Crippen LogP contribution in [0, 0.1) is 0 Å².